The highest BCUT2D eigenvalue weighted by atomic mass is 16.5. The molecule has 1 aromatic heterocycles. The summed E-state index contributed by atoms with van der Waals surface area (Å²) in [4.78, 5) is 16.9. The van der Waals surface area contributed by atoms with Gasteiger partial charge in [0, 0.05) is 12.8 Å². The molecule has 1 unspecified atom stereocenters. The molecule has 1 heterocycles. The summed E-state index contributed by atoms with van der Waals surface area (Å²) in [5.74, 6) is -0.153. The van der Waals surface area contributed by atoms with E-state index in [9.17, 15) is 4.79 Å². The van der Waals surface area contributed by atoms with Crippen molar-refractivity contribution in [1.82, 2.24) is 14.9 Å². The molecule has 146 valence electrons. The molecule has 1 atom stereocenters. The average molecular weight is 377 g/mol. The summed E-state index contributed by atoms with van der Waals surface area (Å²) in [7, 11) is 1.64. The molecule has 28 heavy (non-hydrogen) atoms. The lowest BCUT2D eigenvalue weighted by Crippen LogP contribution is -2.38. The number of aromatic nitrogens is 2. The number of carbonyl (C=O) groups is 1. The minimum atomic E-state index is -0.153. The van der Waals surface area contributed by atoms with E-state index in [1.807, 2.05) is 19.1 Å². The number of nitrogens with zero attached hydrogens (tertiary/aromatic N) is 2. The van der Waals surface area contributed by atoms with E-state index in [-0.39, 0.29) is 11.9 Å². The van der Waals surface area contributed by atoms with E-state index in [0.717, 1.165) is 17.7 Å². The lowest BCUT2D eigenvalue weighted by molar-refractivity contribution is 0.0888. The summed E-state index contributed by atoms with van der Waals surface area (Å²) in [5.41, 5.74) is 6.23. The third kappa shape index (κ3) is 4.49. The first-order valence-electron chi connectivity index (χ1n) is 9.53. The van der Waals surface area contributed by atoms with Crippen LogP contribution in [0.3, 0.4) is 0 Å². The van der Waals surface area contributed by atoms with Crippen LogP contribution in [0.25, 0.3) is 16.8 Å². The van der Waals surface area contributed by atoms with Gasteiger partial charge in [0.15, 0.2) is 0 Å². The van der Waals surface area contributed by atoms with Crippen LogP contribution in [0, 0.1) is 13.8 Å². The Balaban J connectivity index is 1.83. The third-order valence-electron chi connectivity index (χ3n) is 4.77. The number of aryl methyl sites for hydroxylation is 2. The number of carbonyl (C=O) groups excluding carboxylic acids is 1. The summed E-state index contributed by atoms with van der Waals surface area (Å²) in [6.45, 7) is 6.72. The van der Waals surface area contributed by atoms with E-state index in [0.29, 0.717) is 12.3 Å². The van der Waals surface area contributed by atoms with Gasteiger partial charge in [-0.25, -0.2) is 4.98 Å². The summed E-state index contributed by atoms with van der Waals surface area (Å²) >= 11 is 0. The van der Waals surface area contributed by atoms with E-state index in [4.69, 9.17) is 4.74 Å². The quantitative estimate of drug-likeness (QED) is 0.667. The number of nitrogens with one attached hydrogen (secondary N) is 1. The SMILES string of the molecule is CCC(COC)NC(=O)c1cncn1-c1ccc(-c2cc(C)cc(C)c2)cc1. The molecular formula is C23H27N3O2. The Hall–Kier alpha value is -2.92. The molecule has 0 aliphatic heterocycles. The maximum absolute atomic E-state index is 12.7. The molecule has 3 aromatic rings. The van der Waals surface area contributed by atoms with E-state index in [1.54, 1.807) is 24.2 Å². The van der Waals surface area contributed by atoms with E-state index >= 15 is 0 Å². The molecule has 0 saturated carbocycles. The number of amides is 1. The number of hydrogen-bond donors (Lipinski definition) is 1. The Kier molecular flexibility index (Phi) is 6.26. The Morgan fingerprint density at radius 3 is 2.39 bits per heavy atom. The minimum absolute atomic E-state index is 0.0206. The second kappa shape index (κ2) is 8.85. The fourth-order valence-corrected chi connectivity index (χ4v) is 3.35. The molecule has 1 amide bonds. The van der Waals surface area contributed by atoms with Crippen LogP contribution >= 0.6 is 0 Å². The molecule has 5 heteroatoms. The molecule has 0 saturated heterocycles. The third-order valence-corrected chi connectivity index (χ3v) is 4.77. The molecule has 0 spiro atoms. The van der Waals surface area contributed by atoms with Crippen molar-refractivity contribution in [3.8, 4) is 16.8 Å². The van der Waals surface area contributed by atoms with Gasteiger partial charge in [-0.1, -0.05) is 48.4 Å². The van der Waals surface area contributed by atoms with Gasteiger partial charge < -0.3 is 10.1 Å². The standard InChI is InChI=1S/C23H27N3O2/c1-5-20(14-28-4)25-23(27)22-13-24-15-26(22)21-8-6-18(7-9-21)19-11-16(2)10-17(3)12-19/h6-13,15,20H,5,14H2,1-4H3,(H,25,27). The van der Waals surface area contributed by atoms with Gasteiger partial charge in [0.05, 0.1) is 25.2 Å². The fourth-order valence-electron chi connectivity index (χ4n) is 3.35. The molecule has 2 aromatic carbocycles. The fraction of sp³-hybridized carbons (Fsp3) is 0.304. The van der Waals surface area contributed by atoms with Crippen LogP contribution < -0.4 is 5.32 Å². The smallest absolute Gasteiger partial charge is 0.270 e. The first-order valence-corrected chi connectivity index (χ1v) is 9.53. The maximum atomic E-state index is 12.7. The average Bonchev–Trinajstić information content (AvgIpc) is 3.17. The monoisotopic (exact) mass is 377 g/mol. The normalized spacial score (nSPS) is 12.0. The van der Waals surface area contributed by atoms with Crippen molar-refractivity contribution < 1.29 is 9.53 Å². The lowest BCUT2D eigenvalue weighted by Gasteiger charge is -2.16. The van der Waals surface area contributed by atoms with E-state index < -0.39 is 0 Å². The molecule has 1 N–H and O–H groups in total. The number of hydrogen-bond acceptors (Lipinski definition) is 3. The van der Waals surface area contributed by atoms with Crippen molar-refractivity contribution >= 4 is 5.91 Å². The van der Waals surface area contributed by atoms with Crippen molar-refractivity contribution in [2.24, 2.45) is 0 Å². The molecule has 3 rings (SSSR count). The van der Waals surface area contributed by atoms with Crippen LogP contribution in [0.15, 0.2) is 55.0 Å². The zero-order valence-corrected chi connectivity index (χ0v) is 16.9. The first-order chi connectivity index (χ1) is 13.5. The van der Waals surface area contributed by atoms with Crippen molar-refractivity contribution in [2.45, 2.75) is 33.2 Å². The van der Waals surface area contributed by atoms with Gasteiger partial charge >= 0.3 is 0 Å². The summed E-state index contributed by atoms with van der Waals surface area (Å²) in [5, 5.41) is 3.01. The Bertz CT molecular complexity index is 924. The van der Waals surface area contributed by atoms with Crippen LogP contribution in [0.5, 0.6) is 0 Å². The number of imidazole rings is 1. The van der Waals surface area contributed by atoms with Crippen molar-refractivity contribution in [1.29, 1.82) is 0 Å². The number of ether oxygens (including phenoxy) is 1. The summed E-state index contributed by atoms with van der Waals surface area (Å²) < 4.78 is 6.97. The largest absolute Gasteiger partial charge is 0.383 e. The molecule has 0 bridgehead atoms. The molecule has 0 aliphatic rings. The van der Waals surface area contributed by atoms with Gasteiger partial charge in [-0.05, 0) is 43.5 Å². The van der Waals surface area contributed by atoms with E-state index in [2.05, 4.69) is 54.5 Å². The Labute approximate surface area is 166 Å². The van der Waals surface area contributed by atoms with Crippen LogP contribution in [-0.4, -0.2) is 35.2 Å². The molecule has 0 radical (unpaired) electrons. The van der Waals surface area contributed by atoms with E-state index in [1.165, 1.54) is 16.7 Å². The van der Waals surface area contributed by atoms with Crippen LogP contribution in [-0.2, 0) is 4.74 Å². The van der Waals surface area contributed by atoms with Crippen LogP contribution in [0.2, 0.25) is 0 Å². The van der Waals surface area contributed by atoms with Gasteiger partial charge in [0.25, 0.3) is 5.91 Å². The lowest BCUT2D eigenvalue weighted by atomic mass is 10.0. The van der Waals surface area contributed by atoms with Gasteiger partial charge in [-0.3, -0.25) is 9.36 Å². The van der Waals surface area contributed by atoms with Gasteiger partial charge in [-0.15, -0.1) is 0 Å². The molecule has 0 aliphatic carbocycles. The molecule has 0 fully saturated rings. The zero-order valence-electron chi connectivity index (χ0n) is 16.9. The minimum Gasteiger partial charge on any atom is -0.383 e. The number of rotatable bonds is 7. The van der Waals surface area contributed by atoms with Crippen LogP contribution in [0.1, 0.15) is 35.0 Å². The summed E-state index contributed by atoms with van der Waals surface area (Å²) in [6, 6.07) is 14.7. The Morgan fingerprint density at radius 1 is 1.11 bits per heavy atom. The van der Waals surface area contributed by atoms with Crippen LogP contribution in [0.4, 0.5) is 0 Å². The van der Waals surface area contributed by atoms with Crippen molar-refractivity contribution in [3.05, 3.63) is 71.8 Å². The zero-order chi connectivity index (χ0) is 20.1. The maximum Gasteiger partial charge on any atom is 0.270 e. The van der Waals surface area contributed by atoms with Crippen molar-refractivity contribution in [2.75, 3.05) is 13.7 Å². The second-order valence-electron chi connectivity index (χ2n) is 7.11. The van der Waals surface area contributed by atoms with Crippen molar-refractivity contribution in [3.63, 3.8) is 0 Å². The second-order valence-corrected chi connectivity index (χ2v) is 7.11. The molecular weight excluding hydrogens is 350 g/mol. The summed E-state index contributed by atoms with van der Waals surface area (Å²) in [6.07, 6.45) is 4.06. The predicted octanol–water partition coefficient (Wildman–Crippen LogP) is 4.31. The van der Waals surface area contributed by atoms with Gasteiger partial charge in [-0.2, -0.15) is 0 Å². The highest BCUT2D eigenvalue weighted by molar-refractivity contribution is 5.93. The Morgan fingerprint density at radius 2 is 1.79 bits per heavy atom. The highest BCUT2D eigenvalue weighted by Gasteiger charge is 2.16. The van der Waals surface area contributed by atoms with Gasteiger partial charge in [0.2, 0.25) is 0 Å². The first kappa shape index (κ1) is 19.8. The number of benzene rings is 2. The topological polar surface area (TPSA) is 56.1 Å². The highest BCUT2D eigenvalue weighted by Crippen LogP contribution is 2.24. The molecule has 5 nitrogen and oxygen atoms in total. The number of methoxy groups -OCH3 is 1. The predicted molar refractivity (Wildman–Crippen MR) is 112 cm³/mol. The van der Waals surface area contributed by atoms with Gasteiger partial charge in [0.1, 0.15) is 5.69 Å².